The zero-order chi connectivity index (χ0) is 14.6. The van der Waals surface area contributed by atoms with Crippen molar-refractivity contribution in [2.75, 3.05) is 0 Å². The van der Waals surface area contributed by atoms with Gasteiger partial charge in [0, 0.05) is 6.54 Å². The maximum atomic E-state index is 11.5. The number of fused-ring (bicyclic) bond motifs is 3. The molecule has 2 aromatic rings. The Morgan fingerprint density at radius 2 is 2.24 bits per heavy atom. The zero-order valence-corrected chi connectivity index (χ0v) is 12.2. The first kappa shape index (κ1) is 12.9. The molecule has 2 aliphatic carbocycles. The highest BCUT2D eigenvalue weighted by molar-refractivity contribution is 6.01. The minimum atomic E-state index is -0.866. The molecule has 1 aromatic heterocycles. The molecule has 0 saturated heterocycles. The van der Waals surface area contributed by atoms with E-state index in [-0.39, 0.29) is 0 Å². The average Bonchev–Trinajstić information content (AvgIpc) is 3.13. The zero-order valence-electron chi connectivity index (χ0n) is 12.2. The second kappa shape index (κ2) is 4.58. The van der Waals surface area contributed by atoms with Crippen LogP contribution in [-0.4, -0.2) is 20.6 Å². The molecule has 3 unspecified atom stereocenters. The molecular formula is C17H20N2O2. The van der Waals surface area contributed by atoms with Gasteiger partial charge in [-0.25, -0.2) is 9.78 Å². The third kappa shape index (κ3) is 1.96. The molecule has 110 valence electrons. The second-order valence-corrected chi connectivity index (χ2v) is 6.68. The summed E-state index contributed by atoms with van der Waals surface area (Å²) in [5, 5.41) is 9.44. The van der Waals surface area contributed by atoms with Gasteiger partial charge in [-0.2, -0.15) is 0 Å². The number of carbonyl (C=O) groups is 1. The van der Waals surface area contributed by atoms with Crippen LogP contribution in [0.2, 0.25) is 0 Å². The van der Waals surface area contributed by atoms with E-state index in [2.05, 4.69) is 9.55 Å². The van der Waals surface area contributed by atoms with E-state index in [1.807, 2.05) is 13.0 Å². The van der Waals surface area contributed by atoms with Gasteiger partial charge in [0.25, 0.3) is 0 Å². The van der Waals surface area contributed by atoms with E-state index >= 15 is 0 Å². The van der Waals surface area contributed by atoms with Crippen LogP contribution in [0.15, 0.2) is 18.2 Å². The molecule has 0 spiro atoms. The lowest BCUT2D eigenvalue weighted by Gasteiger charge is -2.23. The predicted octanol–water partition coefficient (Wildman–Crippen LogP) is 3.48. The SMILES string of the molecule is Cc1nc2cccc(C(=O)O)c2n1CC1CC2CCC1C2. The lowest BCUT2D eigenvalue weighted by Crippen LogP contribution is -2.18. The van der Waals surface area contributed by atoms with Crippen molar-refractivity contribution in [1.29, 1.82) is 0 Å². The van der Waals surface area contributed by atoms with Gasteiger partial charge in [-0.15, -0.1) is 0 Å². The maximum Gasteiger partial charge on any atom is 0.337 e. The van der Waals surface area contributed by atoms with E-state index in [1.54, 1.807) is 12.1 Å². The molecule has 21 heavy (non-hydrogen) atoms. The smallest absolute Gasteiger partial charge is 0.337 e. The Balaban J connectivity index is 1.77. The Kier molecular flexibility index (Phi) is 2.81. The number of rotatable bonds is 3. The summed E-state index contributed by atoms with van der Waals surface area (Å²) >= 11 is 0. The number of imidazole rings is 1. The number of carboxylic acid groups (broad SMARTS) is 1. The number of aromatic carboxylic acids is 1. The predicted molar refractivity (Wildman–Crippen MR) is 80.4 cm³/mol. The van der Waals surface area contributed by atoms with Crippen LogP contribution in [0.25, 0.3) is 11.0 Å². The van der Waals surface area contributed by atoms with E-state index in [0.717, 1.165) is 35.2 Å². The number of aryl methyl sites for hydroxylation is 1. The Morgan fingerprint density at radius 3 is 2.90 bits per heavy atom. The van der Waals surface area contributed by atoms with Crippen molar-refractivity contribution in [1.82, 2.24) is 9.55 Å². The number of carboxylic acids is 1. The molecule has 4 nitrogen and oxygen atoms in total. The number of benzene rings is 1. The summed E-state index contributed by atoms with van der Waals surface area (Å²) < 4.78 is 2.14. The summed E-state index contributed by atoms with van der Waals surface area (Å²) in [6, 6.07) is 5.37. The van der Waals surface area contributed by atoms with Crippen LogP contribution in [-0.2, 0) is 6.54 Å². The summed E-state index contributed by atoms with van der Waals surface area (Å²) in [5.41, 5.74) is 1.97. The van der Waals surface area contributed by atoms with Crippen molar-refractivity contribution < 1.29 is 9.90 Å². The van der Waals surface area contributed by atoms with Gasteiger partial charge in [-0.05, 0) is 56.1 Å². The molecule has 1 heterocycles. The van der Waals surface area contributed by atoms with Crippen LogP contribution in [0.4, 0.5) is 0 Å². The fourth-order valence-corrected chi connectivity index (χ4v) is 4.53. The van der Waals surface area contributed by atoms with E-state index in [4.69, 9.17) is 0 Å². The fraction of sp³-hybridized carbons (Fsp3) is 0.529. The number of hydrogen-bond donors (Lipinski definition) is 1. The summed E-state index contributed by atoms with van der Waals surface area (Å²) in [6.45, 7) is 2.91. The van der Waals surface area contributed by atoms with Crippen molar-refractivity contribution in [3.63, 3.8) is 0 Å². The summed E-state index contributed by atoms with van der Waals surface area (Å²) in [7, 11) is 0. The average molecular weight is 284 g/mol. The van der Waals surface area contributed by atoms with Gasteiger partial charge in [0.1, 0.15) is 5.82 Å². The molecule has 0 radical (unpaired) electrons. The lowest BCUT2D eigenvalue weighted by molar-refractivity contribution is 0.0698. The fourth-order valence-electron chi connectivity index (χ4n) is 4.53. The molecule has 4 rings (SSSR count). The monoisotopic (exact) mass is 284 g/mol. The van der Waals surface area contributed by atoms with Crippen molar-refractivity contribution in [3.05, 3.63) is 29.6 Å². The summed E-state index contributed by atoms with van der Waals surface area (Å²) in [5.74, 6) is 2.51. The molecular weight excluding hydrogens is 264 g/mol. The highest BCUT2D eigenvalue weighted by Crippen LogP contribution is 2.49. The minimum Gasteiger partial charge on any atom is -0.478 e. The van der Waals surface area contributed by atoms with Crippen LogP contribution in [0.3, 0.4) is 0 Å². The van der Waals surface area contributed by atoms with Gasteiger partial charge in [0.15, 0.2) is 0 Å². The van der Waals surface area contributed by atoms with Crippen LogP contribution < -0.4 is 0 Å². The maximum absolute atomic E-state index is 11.5. The van der Waals surface area contributed by atoms with Crippen LogP contribution in [0, 0.1) is 24.7 Å². The van der Waals surface area contributed by atoms with Gasteiger partial charge < -0.3 is 9.67 Å². The van der Waals surface area contributed by atoms with Gasteiger partial charge >= 0.3 is 5.97 Å². The van der Waals surface area contributed by atoms with E-state index in [9.17, 15) is 9.90 Å². The third-order valence-corrected chi connectivity index (χ3v) is 5.49. The first-order chi connectivity index (χ1) is 10.1. The molecule has 0 amide bonds. The molecule has 2 aliphatic rings. The van der Waals surface area contributed by atoms with E-state index in [0.29, 0.717) is 11.5 Å². The van der Waals surface area contributed by atoms with Crippen molar-refractivity contribution in [2.45, 2.75) is 39.2 Å². The number of nitrogens with zero attached hydrogens (tertiary/aromatic N) is 2. The highest BCUT2D eigenvalue weighted by atomic mass is 16.4. The van der Waals surface area contributed by atoms with Gasteiger partial charge in [0.2, 0.25) is 0 Å². The van der Waals surface area contributed by atoms with Crippen LogP contribution >= 0.6 is 0 Å². The van der Waals surface area contributed by atoms with Gasteiger partial charge in [0.05, 0.1) is 16.6 Å². The third-order valence-electron chi connectivity index (χ3n) is 5.49. The molecule has 4 heteroatoms. The Hall–Kier alpha value is -1.84. The minimum absolute atomic E-state index is 0.372. The molecule has 0 aliphatic heterocycles. The van der Waals surface area contributed by atoms with Crippen molar-refractivity contribution in [3.8, 4) is 0 Å². The lowest BCUT2D eigenvalue weighted by atomic mass is 9.88. The molecule has 1 aromatic carbocycles. The van der Waals surface area contributed by atoms with E-state index in [1.165, 1.54) is 25.7 Å². The number of para-hydroxylation sites is 1. The number of hydrogen-bond acceptors (Lipinski definition) is 2. The normalized spacial score (nSPS) is 27.6. The Bertz CT molecular complexity index is 719. The summed E-state index contributed by atoms with van der Waals surface area (Å²) in [6.07, 6.45) is 5.43. The first-order valence-electron chi connectivity index (χ1n) is 7.82. The van der Waals surface area contributed by atoms with Gasteiger partial charge in [-0.3, -0.25) is 0 Å². The topological polar surface area (TPSA) is 55.1 Å². The molecule has 2 fully saturated rings. The Labute approximate surface area is 123 Å². The highest BCUT2D eigenvalue weighted by Gasteiger charge is 2.39. The molecule has 1 N–H and O–H groups in total. The van der Waals surface area contributed by atoms with Crippen LogP contribution in [0.5, 0.6) is 0 Å². The molecule has 2 saturated carbocycles. The molecule has 2 bridgehead atoms. The summed E-state index contributed by atoms with van der Waals surface area (Å²) in [4.78, 5) is 16.1. The molecule has 3 atom stereocenters. The first-order valence-corrected chi connectivity index (χ1v) is 7.82. The standard InChI is InChI=1S/C17H20N2O2/c1-10-18-15-4-2-3-14(17(20)21)16(15)19(10)9-13-8-11-5-6-12(13)7-11/h2-4,11-13H,5-9H2,1H3,(H,20,21). The van der Waals surface area contributed by atoms with E-state index < -0.39 is 5.97 Å². The largest absolute Gasteiger partial charge is 0.478 e. The quantitative estimate of drug-likeness (QED) is 0.938. The number of aromatic nitrogens is 2. The van der Waals surface area contributed by atoms with Crippen molar-refractivity contribution in [2.24, 2.45) is 17.8 Å². The van der Waals surface area contributed by atoms with Crippen LogP contribution in [0.1, 0.15) is 41.9 Å². The van der Waals surface area contributed by atoms with Gasteiger partial charge in [-0.1, -0.05) is 12.5 Å². The second-order valence-electron chi connectivity index (χ2n) is 6.68. The van der Waals surface area contributed by atoms with Crippen molar-refractivity contribution >= 4 is 17.0 Å². The Morgan fingerprint density at radius 1 is 1.38 bits per heavy atom.